The quantitative estimate of drug-likeness (QED) is 0.715. The van der Waals surface area contributed by atoms with Crippen LogP contribution in [0.5, 0.6) is 5.75 Å². The predicted molar refractivity (Wildman–Crippen MR) is 73.6 cm³/mol. The highest BCUT2D eigenvalue weighted by molar-refractivity contribution is 5.84. The Morgan fingerprint density at radius 1 is 0.947 bits per heavy atom. The maximum atomic E-state index is 9.29. The van der Waals surface area contributed by atoms with Crippen LogP contribution in [-0.2, 0) is 0 Å². The third-order valence-corrected chi connectivity index (χ3v) is 3.01. The molecule has 3 nitrogen and oxygen atoms in total. The van der Waals surface area contributed by atoms with Gasteiger partial charge in [0.1, 0.15) is 5.75 Å². The molecule has 0 bridgehead atoms. The molecule has 0 aliphatic rings. The molecule has 1 aromatic heterocycles. The van der Waals surface area contributed by atoms with E-state index in [1.54, 1.807) is 24.4 Å². The third-order valence-electron chi connectivity index (χ3n) is 3.01. The summed E-state index contributed by atoms with van der Waals surface area (Å²) in [6.45, 7) is 0. The van der Waals surface area contributed by atoms with Crippen molar-refractivity contribution in [2.24, 2.45) is 0 Å². The number of fused-ring (bicyclic) bond motifs is 1. The van der Waals surface area contributed by atoms with E-state index >= 15 is 0 Å². The van der Waals surface area contributed by atoms with E-state index in [9.17, 15) is 5.11 Å². The first-order chi connectivity index (χ1) is 9.26. The van der Waals surface area contributed by atoms with Gasteiger partial charge in [-0.25, -0.2) is 0 Å². The first-order valence-electron chi connectivity index (χ1n) is 5.85. The lowest BCUT2D eigenvalue weighted by atomic mass is 10.0. The number of hydrogen-bond acceptors (Lipinski definition) is 3. The van der Waals surface area contributed by atoms with Gasteiger partial charge in [0.25, 0.3) is 0 Å². The second-order valence-corrected chi connectivity index (χ2v) is 4.29. The lowest BCUT2D eigenvalue weighted by Gasteiger charge is -2.04. The number of phenols is 1. The summed E-state index contributed by atoms with van der Waals surface area (Å²) >= 11 is 0. The van der Waals surface area contributed by atoms with E-state index in [-0.39, 0.29) is 5.75 Å². The molecule has 0 saturated heterocycles. The number of nitrogens with zero attached hydrogens (tertiary/aromatic N) is 2. The number of phenolic OH excluding ortho intramolecular Hbond substituents is 1. The molecule has 1 heterocycles. The molecule has 2 aromatic carbocycles. The van der Waals surface area contributed by atoms with Gasteiger partial charge in [-0.3, -0.25) is 4.98 Å². The van der Waals surface area contributed by atoms with Crippen molar-refractivity contribution >= 4 is 10.9 Å². The van der Waals surface area contributed by atoms with Crippen LogP contribution in [0.3, 0.4) is 0 Å². The van der Waals surface area contributed by atoms with E-state index < -0.39 is 0 Å². The van der Waals surface area contributed by atoms with Crippen LogP contribution in [0.4, 0.5) is 0 Å². The Labute approximate surface area is 110 Å². The fourth-order valence-electron chi connectivity index (χ4n) is 2.01. The van der Waals surface area contributed by atoms with Gasteiger partial charge in [-0.05, 0) is 42.0 Å². The molecule has 3 rings (SSSR count). The first-order valence-corrected chi connectivity index (χ1v) is 5.85. The molecular formula is C16H10N2O. The molecule has 3 heteroatoms. The Morgan fingerprint density at radius 2 is 1.74 bits per heavy atom. The normalized spacial score (nSPS) is 10.3. The van der Waals surface area contributed by atoms with Crippen molar-refractivity contribution in [1.29, 1.82) is 5.26 Å². The van der Waals surface area contributed by atoms with Crippen LogP contribution in [0, 0.1) is 11.3 Å². The Kier molecular flexibility index (Phi) is 2.62. The number of hydrogen-bond donors (Lipinski definition) is 1. The van der Waals surface area contributed by atoms with Crippen molar-refractivity contribution in [3.8, 4) is 22.9 Å². The highest BCUT2D eigenvalue weighted by Crippen LogP contribution is 2.24. The van der Waals surface area contributed by atoms with E-state index in [0.29, 0.717) is 5.56 Å². The molecule has 0 unspecified atom stereocenters. The van der Waals surface area contributed by atoms with Gasteiger partial charge in [-0.15, -0.1) is 0 Å². The minimum Gasteiger partial charge on any atom is -0.508 e. The number of rotatable bonds is 1. The van der Waals surface area contributed by atoms with Gasteiger partial charge in [-0.1, -0.05) is 12.1 Å². The summed E-state index contributed by atoms with van der Waals surface area (Å²) in [7, 11) is 0. The van der Waals surface area contributed by atoms with Crippen LogP contribution < -0.4 is 0 Å². The second kappa shape index (κ2) is 4.43. The minimum atomic E-state index is 0.240. The van der Waals surface area contributed by atoms with Crippen LogP contribution >= 0.6 is 0 Å². The topological polar surface area (TPSA) is 56.9 Å². The third kappa shape index (κ3) is 2.12. The zero-order valence-corrected chi connectivity index (χ0v) is 10.0. The lowest BCUT2D eigenvalue weighted by molar-refractivity contribution is 0.475. The Balaban J connectivity index is 2.15. The summed E-state index contributed by atoms with van der Waals surface area (Å²) in [5.74, 6) is 0.240. The van der Waals surface area contributed by atoms with Crippen LogP contribution in [0.15, 0.2) is 54.7 Å². The molecule has 19 heavy (non-hydrogen) atoms. The highest BCUT2D eigenvalue weighted by Gasteiger charge is 2.02. The Bertz CT molecular complexity index is 786. The van der Waals surface area contributed by atoms with Gasteiger partial charge in [0.05, 0.1) is 17.1 Å². The standard InChI is InChI=1S/C16H10N2O/c17-9-11-1-6-16-13(7-11)8-14(10-18-16)12-2-4-15(19)5-3-12/h1-8,10,19H. The average molecular weight is 246 g/mol. The summed E-state index contributed by atoms with van der Waals surface area (Å²) < 4.78 is 0. The monoisotopic (exact) mass is 246 g/mol. The number of nitriles is 1. The molecule has 3 aromatic rings. The summed E-state index contributed by atoms with van der Waals surface area (Å²) in [4.78, 5) is 4.38. The molecule has 1 N–H and O–H groups in total. The fraction of sp³-hybridized carbons (Fsp3) is 0. The number of aromatic hydroxyl groups is 1. The smallest absolute Gasteiger partial charge is 0.115 e. The molecule has 0 saturated carbocycles. The van der Waals surface area contributed by atoms with Crippen molar-refractivity contribution in [2.75, 3.05) is 0 Å². The Morgan fingerprint density at radius 3 is 2.47 bits per heavy atom. The zero-order valence-electron chi connectivity index (χ0n) is 10.0. The van der Waals surface area contributed by atoms with Gasteiger partial charge in [0, 0.05) is 17.1 Å². The van der Waals surface area contributed by atoms with Crippen molar-refractivity contribution < 1.29 is 5.11 Å². The van der Waals surface area contributed by atoms with Crippen LogP contribution in [0.2, 0.25) is 0 Å². The van der Waals surface area contributed by atoms with Crippen molar-refractivity contribution in [2.45, 2.75) is 0 Å². The predicted octanol–water partition coefficient (Wildman–Crippen LogP) is 3.48. The molecule has 0 atom stereocenters. The summed E-state index contributed by atoms with van der Waals surface area (Å²) in [6.07, 6.45) is 1.79. The molecule has 0 radical (unpaired) electrons. The fourth-order valence-corrected chi connectivity index (χ4v) is 2.01. The highest BCUT2D eigenvalue weighted by atomic mass is 16.3. The van der Waals surface area contributed by atoms with Crippen LogP contribution in [-0.4, -0.2) is 10.1 Å². The molecule has 0 aliphatic carbocycles. The molecular weight excluding hydrogens is 236 g/mol. The molecule has 0 amide bonds. The number of aromatic nitrogens is 1. The van der Waals surface area contributed by atoms with Gasteiger partial charge in [-0.2, -0.15) is 5.26 Å². The van der Waals surface area contributed by atoms with Gasteiger partial charge < -0.3 is 5.11 Å². The lowest BCUT2D eigenvalue weighted by Crippen LogP contribution is -1.84. The second-order valence-electron chi connectivity index (χ2n) is 4.29. The van der Waals surface area contributed by atoms with E-state index in [2.05, 4.69) is 11.1 Å². The summed E-state index contributed by atoms with van der Waals surface area (Å²) in [5.41, 5.74) is 3.43. The SMILES string of the molecule is N#Cc1ccc2ncc(-c3ccc(O)cc3)cc2c1. The Hall–Kier alpha value is -2.86. The molecule has 0 spiro atoms. The largest absolute Gasteiger partial charge is 0.508 e. The van der Waals surface area contributed by atoms with Crippen LogP contribution in [0.25, 0.3) is 22.0 Å². The van der Waals surface area contributed by atoms with Gasteiger partial charge >= 0.3 is 0 Å². The molecule has 0 aliphatic heterocycles. The number of pyridine rings is 1. The molecule has 90 valence electrons. The maximum absolute atomic E-state index is 9.29. The zero-order chi connectivity index (χ0) is 13.2. The van der Waals surface area contributed by atoms with E-state index in [1.165, 1.54) is 0 Å². The van der Waals surface area contributed by atoms with Crippen LogP contribution in [0.1, 0.15) is 5.56 Å². The summed E-state index contributed by atoms with van der Waals surface area (Å²) in [6, 6.07) is 16.5. The van der Waals surface area contributed by atoms with Gasteiger partial charge in [0.2, 0.25) is 0 Å². The first kappa shape index (κ1) is 11.2. The summed E-state index contributed by atoms with van der Waals surface area (Å²) in [5, 5.41) is 19.1. The van der Waals surface area contributed by atoms with Crippen molar-refractivity contribution in [3.05, 3.63) is 60.3 Å². The number of benzene rings is 2. The maximum Gasteiger partial charge on any atom is 0.115 e. The average Bonchev–Trinajstić information content (AvgIpc) is 2.47. The van der Waals surface area contributed by atoms with E-state index in [4.69, 9.17) is 5.26 Å². The minimum absolute atomic E-state index is 0.240. The van der Waals surface area contributed by atoms with Gasteiger partial charge in [0.15, 0.2) is 0 Å². The van der Waals surface area contributed by atoms with Crippen molar-refractivity contribution in [3.63, 3.8) is 0 Å². The van der Waals surface area contributed by atoms with Crippen molar-refractivity contribution in [1.82, 2.24) is 4.98 Å². The molecule has 0 fully saturated rings. The van der Waals surface area contributed by atoms with E-state index in [1.807, 2.05) is 30.3 Å². The van der Waals surface area contributed by atoms with E-state index in [0.717, 1.165) is 22.0 Å².